The van der Waals surface area contributed by atoms with Crippen molar-refractivity contribution in [3.63, 3.8) is 0 Å². The van der Waals surface area contributed by atoms with Gasteiger partial charge >= 0.3 is 0 Å². The predicted molar refractivity (Wildman–Crippen MR) is 74.4 cm³/mol. The van der Waals surface area contributed by atoms with Crippen molar-refractivity contribution in [1.29, 1.82) is 0 Å². The van der Waals surface area contributed by atoms with E-state index in [4.69, 9.17) is 5.73 Å². The first-order valence-corrected chi connectivity index (χ1v) is 8.21. The molecule has 3 nitrogen and oxygen atoms in total. The van der Waals surface area contributed by atoms with E-state index in [9.17, 15) is 4.79 Å². The minimum atomic E-state index is 0.329. The summed E-state index contributed by atoms with van der Waals surface area (Å²) in [7, 11) is 0. The molecule has 106 valence electrons. The molecule has 2 unspecified atom stereocenters. The summed E-state index contributed by atoms with van der Waals surface area (Å²) in [5.41, 5.74) is 6.70. The molecule has 1 amide bonds. The molecule has 4 fully saturated rings. The Bertz CT molecular complexity index is 368. The van der Waals surface area contributed by atoms with Crippen molar-refractivity contribution in [2.75, 3.05) is 0 Å². The fourth-order valence-corrected chi connectivity index (χ4v) is 5.35. The van der Waals surface area contributed by atoms with Crippen molar-refractivity contribution < 1.29 is 4.79 Å². The van der Waals surface area contributed by atoms with Crippen LogP contribution in [-0.2, 0) is 4.79 Å². The summed E-state index contributed by atoms with van der Waals surface area (Å²) < 4.78 is 0. The standard InChI is InChI=1S/C16H26N2O/c17-13-6-10-2-3-11(7-13)14(10)18-15(19)12-8-16(9-12)4-1-5-16/h10-14H,1-9,17H2,(H,18,19). The highest BCUT2D eigenvalue weighted by molar-refractivity contribution is 5.80. The highest BCUT2D eigenvalue weighted by Crippen LogP contribution is 2.58. The Morgan fingerprint density at radius 1 is 1.11 bits per heavy atom. The van der Waals surface area contributed by atoms with Gasteiger partial charge in [-0.15, -0.1) is 0 Å². The molecule has 0 heterocycles. The molecule has 4 aliphatic rings. The molecule has 2 bridgehead atoms. The van der Waals surface area contributed by atoms with E-state index in [-0.39, 0.29) is 0 Å². The van der Waals surface area contributed by atoms with Crippen LogP contribution in [0.2, 0.25) is 0 Å². The van der Waals surface area contributed by atoms with Gasteiger partial charge in [-0.1, -0.05) is 6.42 Å². The van der Waals surface area contributed by atoms with E-state index in [1.165, 1.54) is 44.9 Å². The fourth-order valence-electron chi connectivity index (χ4n) is 5.35. The van der Waals surface area contributed by atoms with Crippen molar-refractivity contribution in [1.82, 2.24) is 5.32 Å². The van der Waals surface area contributed by atoms with Gasteiger partial charge in [0, 0.05) is 18.0 Å². The number of nitrogens with two attached hydrogens (primary N) is 1. The van der Waals surface area contributed by atoms with Crippen LogP contribution in [0.4, 0.5) is 0 Å². The van der Waals surface area contributed by atoms with Crippen LogP contribution >= 0.6 is 0 Å². The van der Waals surface area contributed by atoms with Gasteiger partial charge in [0.15, 0.2) is 0 Å². The van der Waals surface area contributed by atoms with E-state index < -0.39 is 0 Å². The second kappa shape index (κ2) is 4.21. The summed E-state index contributed by atoms with van der Waals surface area (Å²) in [5, 5.41) is 3.39. The van der Waals surface area contributed by atoms with Gasteiger partial charge in [-0.2, -0.15) is 0 Å². The number of fused-ring (bicyclic) bond motifs is 2. The number of rotatable bonds is 2. The van der Waals surface area contributed by atoms with Crippen LogP contribution in [0.3, 0.4) is 0 Å². The van der Waals surface area contributed by atoms with Gasteiger partial charge in [0.1, 0.15) is 0 Å². The van der Waals surface area contributed by atoms with Crippen LogP contribution in [-0.4, -0.2) is 18.0 Å². The highest BCUT2D eigenvalue weighted by Gasteiger charge is 2.51. The van der Waals surface area contributed by atoms with Gasteiger partial charge in [-0.05, 0) is 68.6 Å². The molecule has 3 heteroatoms. The van der Waals surface area contributed by atoms with Gasteiger partial charge in [0.2, 0.25) is 5.91 Å². The largest absolute Gasteiger partial charge is 0.353 e. The molecule has 4 saturated carbocycles. The van der Waals surface area contributed by atoms with Crippen LogP contribution in [0.1, 0.15) is 57.8 Å². The van der Waals surface area contributed by atoms with Crippen LogP contribution in [0.15, 0.2) is 0 Å². The van der Waals surface area contributed by atoms with Crippen molar-refractivity contribution in [2.45, 2.75) is 69.9 Å². The number of nitrogens with one attached hydrogen (secondary N) is 1. The van der Waals surface area contributed by atoms with Crippen LogP contribution in [0.5, 0.6) is 0 Å². The molecule has 19 heavy (non-hydrogen) atoms. The third kappa shape index (κ3) is 1.93. The SMILES string of the molecule is NC1CC2CCC(C1)C2NC(=O)C1CC2(CCC2)C1. The molecule has 0 aromatic carbocycles. The van der Waals surface area contributed by atoms with E-state index in [1.807, 2.05) is 0 Å². The maximum absolute atomic E-state index is 12.4. The maximum atomic E-state index is 12.4. The lowest BCUT2D eigenvalue weighted by atomic mass is 9.51. The van der Waals surface area contributed by atoms with Gasteiger partial charge in [0.25, 0.3) is 0 Å². The number of carbonyl (C=O) groups excluding carboxylic acids is 1. The molecule has 1 spiro atoms. The zero-order valence-corrected chi connectivity index (χ0v) is 11.7. The summed E-state index contributed by atoms with van der Waals surface area (Å²) in [6.07, 6.45) is 11.3. The van der Waals surface area contributed by atoms with Crippen LogP contribution in [0.25, 0.3) is 0 Å². The molecular weight excluding hydrogens is 236 g/mol. The molecule has 0 aliphatic heterocycles. The Balaban J connectivity index is 1.33. The Labute approximate surface area is 115 Å². The monoisotopic (exact) mass is 262 g/mol. The summed E-state index contributed by atoms with van der Waals surface area (Å²) in [6, 6.07) is 0.831. The third-order valence-corrected chi connectivity index (χ3v) is 6.59. The molecule has 4 rings (SSSR count). The molecule has 0 aromatic rings. The lowest BCUT2D eigenvalue weighted by Crippen LogP contribution is -2.54. The molecular formula is C16H26N2O. The van der Waals surface area contributed by atoms with Crippen LogP contribution in [0, 0.1) is 23.2 Å². The average Bonchev–Trinajstić information content (AvgIpc) is 2.50. The van der Waals surface area contributed by atoms with Gasteiger partial charge in [-0.25, -0.2) is 0 Å². The maximum Gasteiger partial charge on any atom is 0.223 e. The smallest absolute Gasteiger partial charge is 0.223 e. The number of hydrogen-bond acceptors (Lipinski definition) is 2. The van der Waals surface area contributed by atoms with Gasteiger partial charge in [0.05, 0.1) is 0 Å². The zero-order chi connectivity index (χ0) is 13.0. The van der Waals surface area contributed by atoms with Gasteiger partial charge in [-0.3, -0.25) is 4.79 Å². The minimum Gasteiger partial charge on any atom is -0.353 e. The van der Waals surface area contributed by atoms with Crippen molar-refractivity contribution in [2.24, 2.45) is 28.9 Å². The second-order valence-corrected chi connectivity index (χ2v) is 7.82. The zero-order valence-electron chi connectivity index (χ0n) is 11.7. The first kappa shape index (κ1) is 12.2. The van der Waals surface area contributed by atoms with Crippen molar-refractivity contribution in [3.05, 3.63) is 0 Å². The predicted octanol–water partition coefficient (Wildman–Crippen LogP) is 2.20. The Kier molecular flexibility index (Phi) is 2.70. The number of carbonyl (C=O) groups is 1. The number of hydrogen-bond donors (Lipinski definition) is 2. The summed E-state index contributed by atoms with van der Waals surface area (Å²) >= 11 is 0. The topological polar surface area (TPSA) is 55.1 Å². The molecule has 4 aliphatic carbocycles. The summed E-state index contributed by atoms with van der Waals surface area (Å²) in [6.45, 7) is 0. The lowest BCUT2D eigenvalue weighted by Gasteiger charge is -2.53. The first-order valence-electron chi connectivity index (χ1n) is 8.21. The van der Waals surface area contributed by atoms with Crippen LogP contribution < -0.4 is 11.1 Å². The third-order valence-electron chi connectivity index (χ3n) is 6.59. The molecule has 3 N–H and O–H groups in total. The molecule has 0 saturated heterocycles. The van der Waals surface area contributed by atoms with Crippen molar-refractivity contribution in [3.8, 4) is 0 Å². The van der Waals surface area contributed by atoms with E-state index >= 15 is 0 Å². The Morgan fingerprint density at radius 2 is 1.74 bits per heavy atom. The molecule has 0 radical (unpaired) electrons. The van der Waals surface area contributed by atoms with Gasteiger partial charge < -0.3 is 11.1 Å². The average molecular weight is 262 g/mol. The fraction of sp³-hybridized carbons (Fsp3) is 0.938. The Hall–Kier alpha value is -0.570. The molecule has 2 atom stereocenters. The van der Waals surface area contributed by atoms with E-state index in [0.717, 1.165) is 12.8 Å². The number of amides is 1. The van der Waals surface area contributed by atoms with E-state index in [0.29, 0.717) is 41.2 Å². The molecule has 0 aromatic heterocycles. The van der Waals surface area contributed by atoms with E-state index in [1.54, 1.807) is 0 Å². The quantitative estimate of drug-likeness (QED) is 0.801. The normalized spacial score (nSPS) is 43.6. The lowest BCUT2D eigenvalue weighted by molar-refractivity contribution is -0.138. The van der Waals surface area contributed by atoms with E-state index in [2.05, 4.69) is 5.32 Å². The second-order valence-electron chi connectivity index (χ2n) is 7.82. The van der Waals surface area contributed by atoms with Crippen molar-refractivity contribution >= 4 is 5.91 Å². The summed E-state index contributed by atoms with van der Waals surface area (Å²) in [4.78, 5) is 12.4. The first-order chi connectivity index (χ1) is 9.15. The Morgan fingerprint density at radius 3 is 2.26 bits per heavy atom. The summed E-state index contributed by atoms with van der Waals surface area (Å²) in [5.74, 6) is 2.01. The highest BCUT2D eigenvalue weighted by atomic mass is 16.2. The minimum absolute atomic E-state index is 0.329.